The molecule has 0 spiro atoms. The van der Waals surface area contributed by atoms with Crippen LogP contribution in [-0.4, -0.2) is 26.4 Å². The largest absolute Gasteiger partial charge is 0.298 e. The molecular formula is C22H18ClN3O3S2. The number of nitrogens with one attached hydrogen (secondary N) is 1. The standard InChI is InChI=1S/C22H18ClN3O3S2/c1-14-3-10-18(11-4-14)31(28,29)26(2)17-8-5-15(6-9-17)21(27)25-22-24-19-12-7-16(23)13-20(19)30-22/h3-13H,1-2H3,(H,24,25,27). The molecule has 0 saturated heterocycles. The molecule has 0 bridgehead atoms. The van der Waals surface area contributed by atoms with Gasteiger partial charge in [0.25, 0.3) is 15.9 Å². The Morgan fingerprint density at radius 2 is 1.71 bits per heavy atom. The van der Waals surface area contributed by atoms with Crippen LogP contribution < -0.4 is 9.62 Å². The van der Waals surface area contributed by atoms with Crippen LogP contribution in [0.1, 0.15) is 15.9 Å². The van der Waals surface area contributed by atoms with Gasteiger partial charge in [-0.15, -0.1) is 0 Å². The molecule has 0 atom stereocenters. The van der Waals surface area contributed by atoms with Crippen molar-refractivity contribution in [2.45, 2.75) is 11.8 Å². The van der Waals surface area contributed by atoms with Gasteiger partial charge in [-0.25, -0.2) is 13.4 Å². The van der Waals surface area contributed by atoms with Crippen molar-refractivity contribution in [2.75, 3.05) is 16.7 Å². The Morgan fingerprint density at radius 1 is 1.03 bits per heavy atom. The second kappa shape index (κ2) is 8.30. The van der Waals surface area contributed by atoms with Crippen molar-refractivity contribution >= 4 is 59.9 Å². The van der Waals surface area contributed by atoms with Gasteiger partial charge in [-0.3, -0.25) is 14.4 Å². The predicted octanol–water partition coefficient (Wildman–Crippen LogP) is 5.34. The van der Waals surface area contributed by atoms with Gasteiger partial charge in [-0.1, -0.05) is 40.6 Å². The Morgan fingerprint density at radius 3 is 2.39 bits per heavy atom. The number of aromatic nitrogens is 1. The fourth-order valence-corrected chi connectivity index (χ4v) is 5.28. The van der Waals surface area contributed by atoms with Gasteiger partial charge in [0.15, 0.2) is 5.13 Å². The Bertz CT molecular complexity index is 1370. The third-order valence-corrected chi connectivity index (χ3v) is 7.71. The summed E-state index contributed by atoms with van der Waals surface area (Å²) in [6.07, 6.45) is 0. The molecule has 9 heteroatoms. The van der Waals surface area contributed by atoms with Gasteiger partial charge in [-0.05, 0) is 61.5 Å². The Hall–Kier alpha value is -2.94. The van der Waals surface area contributed by atoms with E-state index in [1.165, 1.54) is 22.7 Å². The Kier molecular flexibility index (Phi) is 5.70. The molecule has 4 aromatic rings. The number of benzene rings is 3. The second-order valence-corrected chi connectivity index (χ2v) is 10.4. The van der Waals surface area contributed by atoms with E-state index in [9.17, 15) is 13.2 Å². The zero-order chi connectivity index (χ0) is 22.2. The first kappa shape index (κ1) is 21.3. The van der Waals surface area contributed by atoms with E-state index in [1.807, 2.05) is 6.92 Å². The van der Waals surface area contributed by atoms with Crippen LogP contribution in [0.4, 0.5) is 10.8 Å². The average Bonchev–Trinajstić information content (AvgIpc) is 3.14. The quantitative estimate of drug-likeness (QED) is 0.426. The van der Waals surface area contributed by atoms with Gasteiger partial charge in [0, 0.05) is 17.6 Å². The first-order valence-corrected chi connectivity index (χ1v) is 11.9. The van der Waals surface area contributed by atoms with Crippen LogP contribution in [0.15, 0.2) is 71.6 Å². The van der Waals surface area contributed by atoms with E-state index in [4.69, 9.17) is 11.6 Å². The monoisotopic (exact) mass is 471 g/mol. The molecule has 158 valence electrons. The molecule has 0 saturated carbocycles. The molecular weight excluding hydrogens is 454 g/mol. The second-order valence-electron chi connectivity index (χ2n) is 6.92. The van der Waals surface area contributed by atoms with E-state index in [0.717, 1.165) is 15.8 Å². The first-order valence-electron chi connectivity index (χ1n) is 9.27. The number of carbonyl (C=O) groups excluding carboxylic acids is 1. The van der Waals surface area contributed by atoms with Crippen LogP contribution in [0.5, 0.6) is 0 Å². The summed E-state index contributed by atoms with van der Waals surface area (Å²) in [5.74, 6) is -0.333. The third-order valence-electron chi connectivity index (χ3n) is 4.74. The van der Waals surface area contributed by atoms with Crippen LogP contribution in [0.2, 0.25) is 5.02 Å². The van der Waals surface area contributed by atoms with Crippen LogP contribution in [0.3, 0.4) is 0 Å². The maximum absolute atomic E-state index is 12.8. The number of halogens is 1. The minimum atomic E-state index is -3.70. The lowest BCUT2D eigenvalue weighted by molar-refractivity contribution is 0.102. The minimum Gasteiger partial charge on any atom is -0.298 e. The van der Waals surface area contributed by atoms with Crippen molar-refractivity contribution in [1.82, 2.24) is 4.98 Å². The molecule has 4 rings (SSSR count). The molecule has 0 unspecified atom stereocenters. The average molecular weight is 472 g/mol. The first-order chi connectivity index (χ1) is 14.7. The van der Waals surface area contributed by atoms with E-state index < -0.39 is 10.0 Å². The number of thiazole rings is 1. The van der Waals surface area contributed by atoms with Crippen LogP contribution in [-0.2, 0) is 10.0 Å². The van der Waals surface area contributed by atoms with E-state index in [0.29, 0.717) is 21.4 Å². The fraction of sp³-hybridized carbons (Fsp3) is 0.0909. The number of nitrogens with zero attached hydrogens (tertiary/aromatic N) is 2. The molecule has 1 N–H and O–H groups in total. The highest BCUT2D eigenvalue weighted by Crippen LogP contribution is 2.29. The SMILES string of the molecule is Cc1ccc(S(=O)(=O)N(C)c2ccc(C(=O)Nc3nc4ccc(Cl)cc4s3)cc2)cc1. The maximum Gasteiger partial charge on any atom is 0.264 e. The van der Waals surface area contributed by atoms with Crippen LogP contribution in [0.25, 0.3) is 10.2 Å². The van der Waals surface area contributed by atoms with Gasteiger partial charge in [0.2, 0.25) is 0 Å². The van der Waals surface area contributed by atoms with Crippen molar-refractivity contribution in [3.63, 3.8) is 0 Å². The Balaban J connectivity index is 1.51. The van der Waals surface area contributed by atoms with Gasteiger partial charge in [-0.2, -0.15) is 0 Å². The number of sulfonamides is 1. The van der Waals surface area contributed by atoms with E-state index in [-0.39, 0.29) is 10.8 Å². The summed E-state index contributed by atoms with van der Waals surface area (Å²) < 4.78 is 27.8. The predicted molar refractivity (Wildman–Crippen MR) is 126 cm³/mol. The zero-order valence-electron chi connectivity index (χ0n) is 16.7. The number of rotatable bonds is 5. The molecule has 31 heavy (non-hydrogen) atoms. The van der Waals surface area contributed by atoms with Gasteiger partial charge < -0.3 is 0 Å². The highest BCUT2D eigenvalue weighted by atomic mass is 35.5. The lowest BCUT2D eigenvalue weighted by atomic mass is 10.2. The lowest BCUT2D eigenvalue weighted by Gasteiger charge is -2.20. The van der Waals surface area contributed by atoms with Crippen molar-refractivity contribution in [1.29, 1.82) is 0 Å². The number of hydrogen-bond acceptors (Lipinski definition) is 5. The third kappa shape index (κ3) is 4.41. The van der Waals surface area contributed by atoms with Crippen LogP contribution >= 0.6 is 22.9 Å². The fourth-order valence-electron chi connectivity index (χ4n) is 2.95. The molecule has 6 nitrogen and oxygen atoms in total. The summed E-state index contributed by atoms with van der Waals surface area (Å²) in [6.45, 7) is 1.90. The number of anilines is 2. The summed E-state index contributed by atoms with van der Waals surface area (Å²) in [7, 11) is -2.21. The molecule has 0 radical (unpaired) electrons. The van der Waals surface area contributed by atoms with E-state index in [1.54, 1.807) is 66.7 Å². The molecule has 0 aliphatic heterocycles. The number of fused-ring (bicyclic) bond motifs is 1. The van der Waals surface area contributed by atoms with Crippen molar-refractivity contribution in [3.05, 3.63) is 82.9 Å². The minimum absolute atomic E-state index is 0.207. The highest BCUT2D eigenvalue weighted by Gasteiger charge is 2.21. The number of aryl methyl sites for hydroxylation is 1. The van der Waals surface area contributed by atoms with E-state index >= 15 is 0 Å². The summed E-state index contributed by atoms with van der Waals surface area (Å²) in [4.78, 5) is 17.2. The van der Waals surface area contributed by atoms with Crippen molar-refractivity contribution in [2.24, 2.45) is 0 Å². The maximum atomic E-state index is 12.8. The van der Waals surface area contributed by atoms with E-state index in [2.05, 4.69) is 10.3 Å². The topological polar surface area (TPSA) is 79.4 Å². The molecule has 0 fully saturated rings. The van der Waals surface area contributed by atoms with Crippen LogP contribution in [0, 0.1) is 6.92 Å². The zero-order valence-corrected chi connectivity index (χ0v) is 19.1. The number of carbonyl (C=O) groups is 1. The number of hydrogen-bond donors (Lipinski definition) is 1. The number of amides is 1. The summed E-state index contributed by atoms with van der Waals surface area (Å²) in [5, 5.41) is 3.84. The molecule has 3 aromatic carbocycles. The molecule has 0 aliphatic carbocycles. The van der Waals surface area contributed by atoms with Gasteiger partial charge >= 0.3 is 0 Å². The lowest BCUT2D eigenvalue weighted by Crippen LogP contribution is -2.26. The van der Waals surface area contributed by atoms with Gasteiger partial charge in [0.05, 0.1) is 20.8 Å². The van der Waals surface area contributed by atoms with Crippen molar-refractivity contribution < 1.29 is 13.2 Å². The summed E-state index contributed by atoms with van der Waals surface area (Å²) in [5.41, 5.74) is 2.57. The smallest absolute Gasteiger partial charge is 0.264 e. The molecule has 1 heterocycles. The molecule has 0 aliphatic rings. The molecule has 1 aromatic heterocycles. The van der Waals surface area contributed by atoms with Crippen molar-refractivity contribution in [3.8, 4) is 0 Å². The highest BCUT2D eigenvalue weighted by molar-refractivity contribution is 7.92. The normalized spacial score (nSPS) is 11.5. The summed E-state index contributed by atoms with van der Waals surface area (Å²) >= 11 is 7.32. The molecule has 1 amide bonds. The Labute approximate surface area is 189 Å². The summed E-state index contributed by atoms with van der Waals surface area (Å²) in [6, 6.07) is 18.3. The van der Waals surface area contributed by atoms with Gasteiger partial charge in [0.1, 0.15) is 0 Å².